The number of benzene rings is 1. The van der Waals surface area contributed by atoms with Crippen molar-refractivity contribution in [1.29, 1.82) is 0 Å². The first kappa shape index (κ1) is 14.6. The Morgan fingerprint density at radius 2 is 2.05 bits per heavy atom. The highest BCUT2D eigenvalue weighted by Crippen LogP contribution is 2.38. The van der Waals surface area contributed by atoms with Crippen LogP contribution in [0.4, 0.5) is 5.82 Å². The first-order valence-electron chi connectivity index (χ1n) is 7.72. The third kappa shape index (κ3) is 2.61. The smallest absolute Gasteiger partial charge is 0.139 e. The van der Waals surface area contributed by atoms with Crippen LogP contribution in [-0.4, -0.2) is 16.3 Å². The number of nitrogens with one attached hydrogen (secondary N) is 1. The molecule has 1 aromatic heterocycles. The van der Waals surface area contributed by atoms with Crippen LogP contribution in [0.3, 0.4) is 0 Å². The summed E-state index contributed by atoms with van der Waals surface area (Å²) in [4.78, 5) is 0. The SMILES string of the molecule is CCc1ccc(C2CCNc3c(Br)c(C(C)C)nn32)cc1. The average molecular weight is 348 g/mol. The van der Waals surface area contributed by atoms with Gasteiger partial charge in [-0.2, -0.15) is 5.10 Å². The summed E-state index contributed by atoms with van der Waals surface area (Å²) in [6.07, 6.45) is 2.16. The molecule has 1 N–H and O–H groups in total. The number of nitrogens with zero attached hydrogens (tertiary/aromatic N) is 2. The first-order chi connectivity index (χ1) is 10.1. The molecular weight excluding hydrogens is 326 g/mol. The van der Waals surface area contributed by atoms with Gasteiger partial charge in [-0.1, -0.05) is 45.0 Å². The summed E-state index contributed by atoms with van der Waals surface area (Å²) < 4.78 is 3.27. The molecule has 1 aromatic carbocycles. The fourth-order valence-corrected chi connectivity index (χ4v) is 3.78. The van der Waals surface area contributed by atoms with Crippen molar-refractivity contribution in [2.45, 2.75) is 45.6 Å². The second kappa shape index (κ2) is 5.84. The van der Waals surface area contributed by atoms with Crippen molar-refractivity contribution in [1.82, 2.24) is 9.78 Å². The molecule has 3 nitrogen and oxygen atoms in total. The molecule has 0 bridgehead atoms. The van der Waals surface area contributed by atoms with E-state index < -0.39 is 0 Å². The van der Waals surface area contributed by atoms with Gasteiger partial charge in [0.25, 0.3) is 0 Å². The van der Waals surface area contributed by atoms with Crippen molar-refractivity contribution >= 4 is 21.7 Å². The van der Waals surface area contributed by atoms with Gasteiger partial charge >= 0.3 is 0 Å². The Kier molecular flexibility index (Phi) is 4.07. The molecule has 0 fully saturated rings. The standard InChI is InChI=1S/C17H22BrN3/c1-4-12-5-7-13(8-6-12)14-9-10-19-17-15(18)16(11(2)3)20-21(14)17/h5-8,11,14,19H,4,9-10H2,1-3H3. The minimum absolute atomic E-state index is 0.330. The van der Waals surface area contributed by atoms with Crippen molar-refractivity contribution in [2.75, 3.05) is 11.9 Å². The van der Waals surface area contributed by atoms with Crippen LogP contribution in [-0.2, 0) is 6.42 Å². The summed E-state index contributed by atoms with van der Waals surface area (Å²) in [7, 11) is 0. The molecule has 1 atom stereocenters. The summed E-state index contributed by atoms with van der Waals surface area (Å²) in [6, 6.07) is 9.31. The van der Waals surface area contributed by atoms with E-state index in [0.717, 1.165) is 35.4 Å². The molecule has 0 radical (unpaired) electrons. The molecule has 4 heteroatoms. The Bertz CT molecular complexity index is 628. The van der Waals surface area contributed by atoms with E-state index in [0.29, 0.717) is 12.0 Å². The number of hydrogen-bond acceptors (Lipinski definition) is 2. The maximum atomic E-state index is 4.86. The number of halogens is 1. The van der Waals surface area contributed by atoms with E-state index in [9.17, 15) is 0 Å². The highest BCUT2D eigenvalue weighted by atomic mass is 79.9. The molecule has 112 valence electrons. The third-order valence-corrected chi connectivity index (χ3v) is 4.98. The number of fused-ring (bicyclic) bond motifs is 1. The summed E-state index contributed by atoms with van der Waals surface area (Å²) >= 11 is 3.71. The van der Waals surface area contributed by atoms with Gasteiger partial charge in [0.2, 0.25) is 0 Å². The lowest BCUT2D eigenvalue weighted by molar-refractivity contribution is 0.476. The molecular formula is C17H22BrN3. The molecule has 3 rings (SSSR count). The number of anilines is 1. The Hall–Kier alpha value is -1.29. The van der Waals surface area contributed by atoms with Crippen LogP contribution < -0.4 is 5.32 Å². The lowest BCUT2D eigenvalue weighted by Crippen LogP contribution is -2.24. The predicted molar refractivity (Wildman–Crippen MR) is 91.1 cm³/mol. The molecule has 21 heavy (non-hydrogen) atoms. The van der Waals surface area contributed by atoms with Gasteiger partial charge in [0.05, 0.1) is 16.2 Å². The van der Waals surface area contributed by atoms with Crippen molar-refractivity contribution in [3.05, 3.63) is 45.6 Å². The van der Waals surface area contributed by atoms with Gasteiger partial charge in [-0.3, -0.25) is 0 Å². The van der Waals surface area contributed by atoms with E-state index in [2.05, 4.69) is 71.0 Å². The molecule has 0 spiro atoms. The second-order valence-electron chi connectivity index (χ2n) is 5.97. The van der Waals surface area contributed by atoms with Crippen LogP contribution in [0.15, 0.2) is 28.7 Å². The summed E-state index contributed by atoms with van der Waals surface area (Å²) in [6.45, 7) is 7.55. The van der Waals surface area contributed by atoms with E-state index in [1.54, 1.807) is 0 Å². The van der Waals surface area contributed by atoms with Gasteiger partial charge in [0.1, 0.15) is 5.82 Å². The Morgan fingerprint density at radius 3 is 2.67 bits per heavy atom. The van der Waals surface area contributed by atoms with Crippen LogP contribution in [0.1, 0.15) is 56.0 Å². The monoisotopic (exact) mass is 347 g/mol. The van der Waals surface area contributed by atoms with Gasteiger partial charge in [-0.25, -0.2) is 4.68 Å². The minimum atomic E-state index is 0.330. The summed E-state index contributed by atoms with van der Waals surface area (Å²) in [5, 5.41) is 8.34. The van der Waals surface area contributed by atoms with Crippen LogP contribution in [0, 0.1) is 0 Å². The number of hydrogen-bond donors (Lipinski definition) is 1. The zero-order chi connectivity index (χ0) is 15.0. The van der Waals surface area contributed by atoms with E-state index in [1.807, 2.05) is 0 Å². The Labute approximate surface area is 134 Å². The zero-order valence-corrected chi connectivity index (χ0v) is 14.4. The van der Waals surface area contributed by atoms with E-state index >= 15 is 0 Å². The first-order valence-corrected chi connectivity index (χ1v) is 8.51. The quantitative estimate of drug-likeness (QED) is 0.869. The van der Waals surface area contributed by atoms with Crippen LogP contribution in [0.5, 0.6) is 0 Å². The number of rotatable bonds is 3. The molecule has 1 aliphatic heterocycles. The second-order valence-corrected chi connectivity index (χ2v) is 6.77. The molecule has 0 saturated heterocycles. The Balaban J connectivity index is 2.01. The zero-order valence-electron chi connectivity index (χ0n) is 12.9. The molecule has 0 saturated carbocycles. The highest BCUT2D eigenvalue weighted by Gasteiger charge is 2.27. The molecule has 2 heterocycles. The van der Waals surface area contributed by atoms with E-state index in [4.69, 9.17) is 5.10 Å². The summed E-state index contributed by atoms with van der Waals surface area (Å²) in [5.74, 6) is 1.54. The highest BCUT2D eigenvalue weighted by molar-refractivity contribution is 9.10. The van der Waals surface area contributed by atoms with E-state index in [1.165, 1.54) is 11.1 Å². The average Bonchev–Trinajstić information content (AvgIpc) is 2.85. The fourth-order valence-electron chi connectivity index (χ4n) is 2.92. The maximum absolute atomic E-state index is 4.86. The molecule has 1 unspecified atom stereocenters. The van der Waals surface area contributed by atoms with E-state index in [-0.39, 0.29) is 0 Å². The molecule has 0 aliphatic carbocycles. The van der Waals surface area contributed by atoms with Gasteiger partial charge in [0.15, 0.2) is 0 Å². The lowest BCUT2D eigenvalue weighted by atomic mass is 10.0. The fraction of sp³-hybridized carbons (Fsp3) is 0.471. The van der Waals surface area contributed by atoms with Crippen molar-refractivity contribution in [3.8, 4) is 0 Å². The van der Waals surface area contributed by atoms with Crippen molar-refractivity contribution < 1.29 is 0 Å². The van der Waals surface area contributed by atoms with Crippen molar-refractivity contribution in [3.63, 3.8) is 0 Å². The normalized spacial score (nSPS) is 17.7. The lowest BCUT2D eigenvalue weighted by Gasteiger charge is -2.26. The number of aryl methyl sites for hydroxylation is 1. The molecule has 0 amide bonds. The van der Waals surface area contributed by atoms with Crippen LogP contribution >= 0.6 is 15.9 Å². The predicted octanol–water partition coefficient (Wildman–Crippen LogP) is 4.74. The minimum Gasteiger partial charge on any atom is -0.369 e. The largest absolute Gasteiger partial charge is 0.369 e. The van der Waals surface area contributed by atoms with Gasteiger partial charge < -0.3 is 5.32 Å². The van der Waals surface area contributed by atoms with Gasteiger partial charge in [-0.15, -0.1) is 0 Å². The van der Waals surface area contributed by atoms with Gasteiger partial charge in [-0.05, 0) is 45.8 Å². The number of aromatic nitrogens is 2. The van der Waals surface area contributed by atoms with Gasteiger partial charge in [0, 0.05) is 6.54 Å². The third-order valence-electron chi connectivity index (χ3n) is 4.20. The topological polar surface area (TPSA) is 29.9 Å². The van der Waals surface area contributed by atoms with Crippen LogP contribution in [0.25, 0.3) is 0 Å². The van der Waals surface area contributed by atoms with Crippen molar-refractivity contribution in [2.24, 2.45) is 0 Å². The maximum Gasteiger partial charge on any atom is 0.139 e. The summed E-state index contributed by atoms with van der Waals surface area (Å²) in [5.41, 5.74) is 3.87. The molecule has 1 aliphatic rings. The van der Waals surface area contributed by atoms with Crippen LogP contribution in [0.2, 0.25) is 0 Å². The molecule has 2 aromatic rings. The Morgan fingerprint density at radius 1 is 1.33 bits per heavy atom.